The molecule has 5 nitrogen and oxygen atoms in total. The van der Waals surface area contributed by atoms with E-state index in [9.17, 15) is 9.59 Å². The number of rotatable bonds is 1. The van der Waals surface area contributed by atoms with Gasteiger partial charge in [-0.05, 0) is 13.0 Å². The Morgan fingerprint density at radius 2 is 2.20 bits per heavy atom. The first-order valence-corrected chi connectivity index (χ1v) is 4.66. The predicted octanol–water partition coefficient (Wildman–Crippen LogP) is 0.790. The first kappa shape index (κ1) is 9.92. The number of urea groups is 1. The predicted molar refractivity (Wildman–Crippen MR) is 53.3 cm³/mol. The van der Waals surface area contributed by atoms with Crippen LogP contribution in [-0.2, 0) is 10.3 Å². The number of hydrogen-bond acceptors (Lipinski definition) is 3. The SMILES string of the molecule is C[C@@]1(c2cccnc2Cl)NC(=O)NC1=O. The number of carbonyl (C=O) groups is 2. The number of halogens is 1. The number of pyridine rings is 1. The summed E-state index contributed by atoms with van der Waals surface area (Å²) < 4.78 is 0. The first-order chi connectivity index (χ1) is 7.04. The summed E-state index contributed by atoms with van der Waals surface area (Å²) in [4.78, 5) is 26.5. The third-order valence-electron chi connectivity index (χ3n) is 2.34. The van der Waals surface area contributed by atoms with Gasteiger partial charge >= 0.3 is 6.03 Å². The maximum Gasteiger partial charge on any atom is 0.322 e. The quantitative estimate of drug-likeness (QED) is 0.548. The monoisotopic (exact) mass is 225 g/mol. The molecule has 0 saturated carbocycles. The number of nitrogens with zero attached hydrogens (tertiary/aromatic N) is 1. The Balaban J connectivity index is 2.51. The summed E-state index contributed by atoms with van der Waals surface area (Å²) >= 11 is 5.86. The summed E-state index contributed by atoms with van der Waals surface area (Å²) in [5.41, 5.74) is -0.655. The van der Waals surface area contributed by atoms with E-state index in [-0.39, 0.29) is 5.15 Å². The van der Waals surface area contributed by atoms with E-state index >= 15 is 0 Å². The Kier molecular flexibility index (Phi) is 2.12. The highest BCUT2D eigenvalue weighted by Gasteiger charge is 2.44. The third-order valence-corrected chi connectivity index (χ3v) is 2.64. The van der Waals surface area contributed by atoms with Gasteiger partial charge in [-0.3, -0.25) is 10.1 Å². The standard InChI is InChI=1S/C9H8ClN3O2/c1-9(7(14)12-8(15)13-9)5-3-2-4-11-6(5)10/h2-4H,1H3,(H2,12,13,14,15)/t9-/m0/s1. The minimum Gasteiger partial charge on any atom is -0.319 e. The van der Waals surface area contributed by atoms with E-state index in [1.165, 1.54) is 6.20 Å². The highest BCUT2D eigenvalue weighted by atomic mass is 35.5. The van der Waals surface area contributed by atoms with Crippen molar-refractivity contribution in [3.05, 3.63) is 29.0 Å². The molecule has 0 spiro atoms. The van der Waals surface area contributed by atoms with Gasteiger partial charge < -0.3 is 5.32 Å². The Hall–Kier alpha value is -1.62. The van der Waals surface area contributed by atoms with Gasteiger partial charge in [0.25, 0.3) is 5.91 Å². The minimum atomic E-state index is -1.14. The average molecular weight is 226 g/mol. The van der Waals surface area contributed by atoms with Crippen LogP contribution >= 0.6 is 11.6 Å². The van der Waals surface area contributed by atoms with Crippen LogP contribution in [0.3, 0.4) is 0 Å². The van der Waals surface area contributed by atoms with Crippen LogP contribution in [0.2, 0.25) is 5.15 Å². The fraction of sp³-hybridized carbons (Fsp3) is 0.222. The van der Waals surface area contributed by atoms with E-state index in [2.05, 4.69) is 15.6 Å². The van der Waals surface area contributed by atoms with Crippen molar-refractivity contribution in [3.63, 3.8) is 0 Å². The highest BCUT2D eigenvalue weighted by molar-refractivity contribution is 6.30. The van der Waals surface area contributed by atoms with Crippen molar-refractivity contribution in [2.45, 2.75) is 12.5 Å². The lowest BCUT2D eigenvalue weighted by Crippen LogP contribution is -2.40. The topological polar surface area (TPSA) is 71.1 Å². The van der Waals surface area contributed by atoms with Gasteiger partial charge in [-0.2, -0.15) is 0 Å². The van der Waals surface area contributed by atoms with Gasteiger partial charge in [-0.1, -0.05) is 17.7 Å². The van der Waals surface area contributed by atoms with Gasteiger partial charge in [0, 0.05) is 11.8 Å². The van der Waals surface area contributed by atoms with E-state index in [4.69, 9.17) is 11.6 Å². The summed E-state index contributed by atoms with van der Waals surface area (Å²) in [7, 11) is 0. The van der Waals surface area contributed by atoms with Crippen molar-refractivity contribution in [1.29, 1.82) is 0 Å². The van der Waals surface area contributed by atoms with E-state index < -0.39 is 17.5 Å². The fourth-order valence-electron chi connectivity index (χ4n) is 1.49. The molecule has 2 heterocycles. The summed E-state index contributed by atoms with van der Waals surface area (Å²) in [5, 5.41) is 4.88. The molecule has 1 saturated heterocycles. The summed E-state index contributed by atoms with van der Waals surface area (Å²) in [5.74, 6) is -0.428. The van der Waals surface area contributed by atoms with Crippen molar-refractivity contribution < 1.29 is 9.59 Å². The molecule has 0 unspecified atom stereocenters. The molecule has 1 fully saturated rings. The first-order valence-electron chi connectivity index (χ1n) is 4.28. The van der Waals surface area contributed by atoms with Crippen LogP contribution in [0.4, 0.5) is 4.79 Å². The molecule has 2 N–H and O–H groups in total. The van der Waals surface area contributed by atoms with Crippen molar-refractivity contribution in [2.75, 3.05) is 0 Å². The molecule has 1 aromatic heterocycles. The summed E-state index contributed by atoms with van der Waals surface area (Å²) in [6.07, 6.45) is 1.52. The summed E-state index contributed by atoms with van der Waals surface area (Å²) in [6, 6.07) is 2.78. The molecule has 6 heteroatoms. The largest absolute Gasteiger partial charge is 0.322 e. The van der Waals surface area contributed by atoms with E-state index in [1.54, 1.807) is 19.1 Å². The molecule has 1 atom stereocenters. The van der Waals surface area contributed by atoms with Crippen LogP contribution in [0.25, 0.3) is 0 Å². The Morgan fingerprint density at radius 1 is 1.47 bits per heavy atom. The molecule has 78 valence electrons. The van der Waals surface area contributed by atoms with Crippen LogP contribution in [-0.4, -0.2) is 16.9 Å². The van der Waals surface area contributed by atoms with Crippen LogP contribution < -0.4 is 10.6 Å². The maximum absolute atomic E-state index is 11.6. The van der Waals surface area contributed by atoms with Gasteiger partial charge in [0.05, 0.1) is 0 Å². The third kappa shape index (κ3) is 1.45. The molecule has 3 amide bonds. The lowest BCUT2D eigenvalue weighted by atomic mass is 9.94. The lowest BCUT2D eigenvalue weighted by Gasteiger charge is -2.21. The second-order valence-corrected chi connectivity index (χ2v) is 3.73. The number of carbonyl (C=O) groups excluding carboxylic acids is 2. The van der Waals surface area contributed by atoms with Crippen molar-refractivity contribution >= 4 is 23.5 Å². The van der Waals surface area contributed by atoms with Crippen LogP contribution in [0.5, 0.6) is 0 Å². The van der Waals surface area contributed by atoms with Gasteiger partial charge in [0.2, 0.25) is 0 Å². The smallest absolute Gasteiger partial charge is 0.319 e. The maximum atomic E-state index is 11.6. The molecule has 0 radical (unpaired) electrons. The van der Waals surface area contributed by atoms with Crippen molar-refractivity contribution in [2.24, 2.45) is 0 Å². The zero-order valence-corrected chi connectivity index (χ0v) is 8.63. The molecule has 0 aliphatic carbocycles. The Labute approximate surface area is 90.8 Å². The van der Waals surface area contributed by atoms with Gasteiger partial charge in [-0.15, -0.1) is 0 Å². The molecular formula is C9H8ClN3O2. The fourth-order valence-corrected chi connectivity index (χ4v) is 1.80. The molecule has 1 aliphatic heterocycles. The van der Waals surface area contributed by atoms with E-state index in [1.807, 2.05) is 0 Å². The average Bonchev–Trinajstić information content (AvgIpc) is 2.42. The Morgan fingerprint density at radius 3 is 2.73 bits per heavy atom. The van der Waals surface area contributed by atoms with Crippen LogP contribution in [0.1, 0.15) is 12.5 Å². The lowest BCUT2D eigenvalue weighted by molar-refractivity contribution is -0.123. The zero-order valence-electron chi connectivity index (χ0n) is 7.87. The second kappa shape index (κ2) is 3.20. The van der Waals surface area contributed by atoms with Crippen LogP contribution in [0, 0.1) is 0 Å². The summed E-state index contributed by atoms with van der Waals surface area (Å²) in [6.45, 7) is 1.58. The zero-order chi connectivity index (χ0) is 11.1. The number of imide groups is 1. The molecular weight excluding hydrogens is 218 g/mol. The highest BCUT2D eigenvalue weighted by Crippen LogP contribution is 2.28. The number of amides is 3. The molecule has 15 heavy (non-hydrogen) atoms. The molecule has 2 rings (SSSR count). The van der Waals surface area contributed by atoms with Gasteiger partial charge in [0.15, 0.2) is 0 Å². The Bertz CT molecular complexity index is 449. The number of hydrogen-bond donors (Lipinski definition) is 2. The molecule has 1 aliphatic rings. The van der Waals surface area contributed by atoms with Crippen molar-refractivity contribution in [1.82, 2.24) is 15.6 Å². The van der Waals surface area contributed by atoms with Gasteiger partial charge in [-0.25, -0.2) is 9.78 Å². The molecule has 0 aromatic carbocycles. The van der Waals surface area contributed by atoms with E-state index in [0.29, 0.717) is 5.56 Å². The van der Waals surface area contributed by atoms with Gasteiger partial charge in [0.1, 0.15) is 10.7 Å². The number of nitrogens with one attached hydrogen (secondary N) is 2. The van der Waals surface area contributed by atoms with Crippen molar-refractivity contribution in [3.8, 4) is 0 Å². The number of aromatic nitrogens is 1. The minimum absolute atomic E-state index is 0.206. The molecule has 1 aromatic rings. The van der Waals surface area contributed by atoms with Crippen LogP contribution in [0.15, 0.2) is 18.3 Å². The van der Waals surface area contributed by atoms with E-state index in [0.717, 1.165) is 0 Å². The normalized spacial score (nSPS) is 24.9. The second-order valence-electron chi connectivity index (χ2n) is 3.38. The molecule has 0 bridgehead atoms.